The Bertz CT molecular complexity index is 1220. The summed E-state index contributed by atoms with van der Waals surface area (Å²) in [5.74, 6) is 1.53. The number of hydrogen-bond donors (Lipinski definition) is 1. The number of benzene rings is 2. The third kappa shape index (κ3) is 4.90. The summed E-state index contributed by atoms with van der Waals surface area (Å²) in [5.41, 5.74) is 5.50. The van der Waals surface area contributed by atoms with E-state index in [1.54, 1.807) is 6.33 Å². The maximum Gasteiger partial charge on any atom is 0.158 e. The van der Waals surface area contributed by atoms with Gasteiger partial charge in [-0.2, -0.15) is 0 Å². The van der Waals surface area contributed by atoms with Crippen LogP contribution in [0.4, 0.5) is 23.0 Å². The average Bonchev–Trinajstić information content (AvgIpc) is 3.38. The predicted molar refractivity (Wildman–Crippen MR) is 149 cm³/mol. The molecule has 194 valence electrons. The van der Waals surface area contributed by atoms with Crippen LogP contribution in [0.1, 0.15) is 49.3 Å². The van der Waals surface area contributed by atoms with Crippen molar-refractivity contribution >= 4 is 23.0 Å². The highest BCUT2D eigenvalue weighted by Gasteiger charge is 2.46. The highest BCUT2D eigenvalue weighted by atomic mass is 16.7. The lowest BCUT2D eigenvalue weighted by molar-refractivity contribution is 0.00489. The smallest absolute Gasteiger partial charge is 0.158 e. The fourth-order valence-electron chi connectivity index (χ4n) is 6.38. The zero-order valence-electron chi connectivity index (χ0n) is 22.2. The van der Waals surface area contributed by atoms with Gasteiger partial charge in [0.2, 0.25) is 0 Å². The molecule has 1 unspecified atom stereocenters. The minimum absolute atomic E-state index is 0.155. The van der Waals surface area contributed by atoms with Crippen molar-refractivity contribution in [1.29, 1.82) is 0 Å². The first kappa shape index (κ1) is 24.2. The van der Waals surface area contributed by atoms with Gasteiger partial charge in [-0.1, -0.05) is 30.3 Å². The summed E-state index contributed by atoms with van der Waals surface area (Å²) in [7, 11) is 4.44. The van der Waals surface area contributed by atoms with Crippen LogP contribution in [-0.2, 0) is 4.84 Å². The molecule has 0 radical (unpaired) electrons. The van der Waals surface area contributed by atoms with Crippen molar-refractivity contribution in [3.8, 4) is 0 Å². The van der Waals surface area contributed by atoms with Crippen LogP contribution in [-0.4, -0.2) is 54.7 Å². The van der Waals surface area contributed by atoms with E-state index < -0.39 is 0 Å². The number of hydroxylamine groups is 1. The predicted octanol–water partition coefficient (Wildman–Crippen LogP) is 5.72. The van der Waals surface area contributed by atoms with Crippen LogP contribution >= 0.6 is 0 Å². The van der Waals surface area contributed by atoms with Gasteiger partial charge in [-0.15, -0.1) is 0 Å². The van der Waals surface area contributed by atoms with E-state index in [4.69, 9.17) is 4.84 Å². The van der Waals surface area contributed by atoms with Crippen LogP contribution in [0.15, 0.2) is 60.9 Å². The fraction of sp³-hybridized carbons (Fsp3) is 0.467. The second-order valence-corrected chi connectivity index (χ2v) is 11.3. The van der Waals surface area contributed by atoms with E-state index >= 15 is 0 Å². The molecule has 1 spiro atoms. The molecule has 6 rings (SSSR count). The summed E-state index contributed by atoms with van der Waals surface area (Å²) in [5, 5.41) is 5.40. The molecule has 3 aliphatic rings. The van der Waals surface area contributed by atoms with Crippen LogP contribution in [0.5, 0.6) is 0 Å². The molecule has 1 saturated carbocycles. The highest BCUT2D eigenvalue weighted by molar-refractivity contribution is 5.65. The highest BCUT2D eigenvalue weighted by Crippen LogP contribution is 2.51. The van der Waals surface area contributed by atoms with Crippen molar-refractivity contribution < 1.29 is 4.84 Å². The van der Waals surface area contributed by atoms with E-state index in [-0.39, 0.29) is 6.04 Å². The number of aryl methyl sites for hydroxylation is 1. The molecule has 2 saturated heterocycles. The molecule has 3 aromatic rings. The second kappa shape index (κ2) is 9.95. The minimum Gasteiger partial charge on any atom is -0.371 e. The SMILES string of the molecule is Cc1cc(Nc2cc(N3OCCC3c3ccccc3)ncn2)ccc1N1CCC2(CC1)CC(N(C)C)C2. The third-order valence-corrected chi connectivity index (χ3v) is 8.67. The Balaban J connectivity index is 1.11. The molecule has 1 N–H and O–H groups in total. The molecule has 0 amide bonds. The summed E-state index contributed by atoms with van der Waals surface area (Å²) in [6.45, 7) is 5.20. The monoisotopic (exact) mass is 498 g/mol. The molecule has 1 atom stereocenters. The van der Waals surface area contributed by atoms with E-state index in [0.717, 1.165) is 42.9 Å². The van der Waals surface area contributed by atoms with Crippen molar-refractivity contribution in [2.75, 3.05) is 49.1 Å². The quantitative estimate of drug-likeness (QED) is 0.466. The molecule has 7 nitrogen and oxygen atoms in total. The lowest BCUT2D eigenvalue weighted by atomic mass is 9.60. The Morgan fingerprint density at radius 2 is 1.78 bits per heavy atom. The Labute approximate surface area is 220 Å². The normalized spacial score (nSPS) is 21.5. The molecule has 1 aromatic heterocycles. The van der Waals surface area contributed by atoms with Crippen LogP contribution < -0.4 is 15.3 Å². The van der Waals surface area contributed by atoms with Crippen molar-refractivity contribution in [2.45, 2.75) is 51.1 Å². The fourth-order valence-corrected chi connectivity index (χ4v) is 6.38. The average molecular weight is 499 g/mol. The van der Waals surface area contributed by atoms with E-state index in [2.05, 4.69) is 88.6 Å². The lowest BCUT2D eigenvalue weighted by Gasteiger charge is -2.54. The number of anilines is 4. The van der Waals surface area contributed by atoms with Gasteiger partial charge in [-0.05, 0) is 81.4 Å². The maximum absolute atomic E-state index is 5.96. The maximum atomic E-state index is 5.96. The van der Waals surface area contributed by atoms with Gasteiger partial charge >= 0.3 is 0 Å². The van der Waals surface area contributed by atoms with Gasteiger partial charge < -0.3 is 15.1 Å². The number of nitrogens with one attached hydrogen (secondary N) is 1. The molecular weight excluding hydrogens is 460 g/mol. The van der Waals surface area contributed by atoms with Gasteiger partial charge in [-0.3, -0.25) is 4.84 Å². The van der Waals surface area contributed by atoms with Gasteiger partial charge in [0.25, 0.3) is 0 Å². The summed E-state index contributed by atoms with van der Waals surface area (Å²) < 4.78 is 0. The number of piperidine rings is 1. The number of rotatable bonds is 6. The first-order valence-electron chi connectivity index (χ1n) is 13.6. The Kier molecular flexibility index (Phi) is 6.51. The molecule has 7 heteroatoms. The number of nitrogens with zero attached hydrogens (tertiary/aromatic N) is 5. The number of hydrogen-bond acceptors (Lipinski definition) is 7. The second-order valence-electron chi connectivity index (χ2n) is 11.3. The van der Waals surface area contributed by atoms with Crippen LogP contribution in [0.3, 0.4) is 0 Å². The Hall–Kier alpha value is -3.16. The van der Waals surface area contributed by atoms with E-state index in [9.17, 15) is 0 Å². The topological polar surface area (TPSA) is 56.8 Å². The summed E-state index contributed by atoms with van der Waals surface area (Å²) in [6.07, 6.45) is 7.89. The minimum atomic E-state index is 0.155. The molecule has 3 fully saturated rings. The summed E-state index contributed by atoms with van der Waals surface area (Å²) in [6, 6.07) is 20.0. The molecule has 1 aliphatic carbocycles. The molecule has 37 heavy (non-hydrogen) atoms. The first-order valence-corrected chi connectivity index (χ1v) is 13.6. The van der Waals surface area contributed by atoms with Crippen molar-refractivity contribution in [3.05, 3.63) is 72.1 Å². The largest absolute Gasteiger partial charge is 0.371 e. The van der Waals surface area contributed by atoms with Crippen LogP contribution in [0.25, 0.3) is 0 Å². The van der Waals surface area contributed by atoms with Crippen LogP contribution in [0, 0.1) is 12.3 Å². The van der Waals surface area contributed by atoms with Crippen molar-refractivity contribution in [1.82, 2.24) is 14.9 Å². The Morgan fingerprint density at radius 3 is 2.51 bits per heavy atom. The third-order valence-electron chi connectivity index (χ3n) is 8.67. The Morgan fingerprint density at radius 1 is 1.00 bits per heavy atom. The molecule has 2 aliphatic heterocycles. The standard InChI is InChI=1S/C30H38N6O/c1-22-17-24(9-10-26(22)35-14-12-30(13-15-35)19-25(20-30)34(2)3)33-28-18-29(32-21-31-28)36-27(11-16-37-36)23-7-5-4-6-8-23/h4-10,17-18,21,25,27H,11-16,19-20H2,1-3H3,(H,31,32,33). The molecule has 0 bridgehead atoms. The summed E-state index contributed by atoms with van der Waals surface area (Å²) in [4.78, 5) is 19.9. The van der Waals surface area contributed by atoms with E-state index in [1.165, 1.54) is 42.5 Å². The zero-order valence-corrected chi connectivity index (χ0v) is 22.2. The van der Waals surface area contributed by atoms with Gasteiger partial charge in [0, 0.05) is 43.0 Å². The lowest BCUT2D eigenvalue weighted by Crippen LogP contribution is -2.53. The van der Waals surface area contributed by atoms with Gasteiger partial charge in [0.15, 0.2) is 5.82 Å². The first-order chi connectivity index (χ1) is 18.0. The molecular formula is C30H38N6O. The van der Waals surface area contributed by atoms with Gasteiger partial charge in [-0.25, -0.2) is 15.0 Å². The summed E-state index contributed by atoms with van der Waals surface area (Å²) >= 11 is 0. The van der Waals surface area contributed by atoms with Crippen molar-refractivity contribution in [3.63, 3.8) is 0 Å². The van der Waals surface area contributed by atoms with E-state index in [0.29, 0.717) is 12.0 Å². The van der Waals surface area contributed by atoms with Gasteiger partial charge in [0.05, 0.1) is 12.6 Å². The van der Waals surface area contributed by atoms with Crippen molar-refractivity contribution in [2.24, 2.45) is 5.41 Å². The van der Waals surface area contributed by atoms with E-state index in [1.807, 2.05) is 17.2 Å². The van der Waals surface area contributed by atoms with Gasteiger partial charge in [0.1, 0.15) is 12.1 Å². The zero-order chi connectivity index (χ0) is 25.4. The molecule has 2 aromatic carbocycles. The molecule has 3 heterocycles. The van der Waals surface area contributed by atoms with Crippen LogP contribution in [0.2, 0.25) is 0 Å². The number of aromatic nitrogens is 2.